The Kier molecular flexibility index (Phi) is 5.03. The Balaban J connectivity index is 1.43. The molecule has 3 N–H and O–H groups in total. The number of hydrogen-bond donors (Lipinski definition) is 3. The molecule has 5 aliphatic carbocycles. The summed E-state index contributed by atoms with van der Waals surface area (Å²) >= 11 is 0. The van der Waals surface area contributed by atoms with Crippen LogP contribution in [0.15, 0.2) is 18.2 Å². The fourth-order valence-corrected chi connectivity index (χ4v) is 8.09. The summed E-state index contributed by atoms with van der Waals surface area (Å²) in [5, 5.41) is 3.18. The highest BCUT2D eigenvalue weighted by Crippen LogP contribution is 2.60. The molecule has 2 amide bonds. The molecule has 5 aliphatic rings. The van der Waals surface area contributed by atoms with Crippen LogP contribution in [0.2, 0.25) is 0 Å². The second kappa shape index (κ2) is 7.43. The summed E-state index contributed by atoms with van der Waals surface area (Å²) < 4.78 is 40.3. The summed E-state index contributed by atoms with van der Waals surface area (Å²) in [4.78, 5) is 25.8. The Morgan fingerprint density at radius 1 is 1.16 bits per heavy atom. The number of aryl methyl sites for hydroxylation is 1. The molecular formula is C23H30FN3O4S. The zero-order valence-electron chi connectivity index (χ0n) is 18.2. The van der Waals surface area contributed by atoms with E-state index in [-0.39, 0.29) is 35.4 Å². The number of amides is 2. The molecule has 0 saturated heterocycles. The fraction of sp³-hybridized carbons (Fsp3) is 0.652. The molecular weight excluding hydrogens is 433 g/mol. The van der Waals surface area contributed by atoms with Crippen molar-refractivity contribution in [2.24, 2.45) is 28.9 Å². The van der Waals surface area contributed by atoms with Crippen LogP contribution in [0.3, 0.4) is 0 Å². The van der Waals surface area contributed by atoms with Gasteiger partial charge in [-0.3, -0.25) is 13.9 Å². The number of carbonyl (C=O) groups excluding carboxylic acids is 2. The SMILES string of the molecule is Cc1ccc(F)c(N([SH](=O)=O)C2(C(=O)NC3C4CC5CC3CC(C(N)=O)(C5)C4)CCC2)c1. The van der Waals surface area contributed by atoms with Gasteiger partial charge >= 0.3 is 0 Å². The maximum Gasteiger partial charge on any atom is 0.247 e. The lowest BCUT2D eigenvalue weighted by Crippen LogP contribution is -2.68. The topological polar surface area (TPSA) is 110 Å². The van der Waals surface area contributed by atoms with E-state index in [1.807, 2.05) is 0 Å². The van der Waals surface area contributed by atoms with Crippen molar-refractivity contribution < 1.29 is 22.4 Å². The van der Waals surface area contributed by atoms with Crippen molar-refractivity contribution in [3.05, 3.63) is 29.6 Å². The van der Waals surface area contributed by atoms with Gasteiger partial charge in [0.05, 0.1) is 5.69 Å². The van der Waals surface area contributed by atoms with Crippen molar-refractivity contribution in [2.75, 3.05) is 4.31 Å². The molecule has 0 aliphatic heterocycles. The highest BCUT2D eigenvalue weighted by Gasteiger charge is 2.59. The van der Waals surface area contributed by atoms with E-state index in [0.29, 0.717) is 38.0 Å². The molecule has 32 heavy (non-hydrogen) atoms. The molecule has 2 atom stereocenters. The number of hydrogen-bond acceptors (Lipinski definition) is 4. The number of primary amides is 1. The molecule has 6 rings (SSSR count). The van der Waals surface area contributed by atoms with Crippen LogP contribution in [0.4, 0.5) is 10.1 Å². The van der Waals surface area contributed by atoms with Gasteiger partial charge in [-0.15, -0.1) is 0 Å². The molecule has 0 spiro atoms. The summed E-state index contributed by atoms with van der Waals surface area (Å²) in [5.74, 6) is -0.456. The van der Waals surface area contributed by atoms with Gasteiger partial charge in [0.2, 0.25) is 22.7 Å². The van der Waals surface area contributed by atoms with Gasteiger partial charge in [0, 0.05) is 11.5 Å². The zero-order valence-corrected chi connectivity index (χ0v) is 19.1. The smallest absolute Gasteiger partial charge is 0.247 e. The van der Waals surface area contributed by atoms with Crippen LogP contribution >= 0.6 is 0 Å². The molecule has 5 saturated carbocycles. The molecule has 1 aromatic carbocycles. The molecule has 0 aromatic heterocycles. The van der Waals surface area contributed by atoms with Crippen LogP contribution in [0.25, 0.3) is 0 Å². The average Bonchev–Trinajstić information content (AvgIpc) is 2.68. The fourth-order valence-electron chi connectivity index (χ4n) is 7.15. The number of halogens is 1. The third kappa shape index (κ3) is 3.15. The first-order valence-corrected chi connectivity index (χ1v) is 12.6. The Labute approximate surface area is 189 Å². The highest BCUT2D eigenvalue weighted by molar-refractivity contribution is 7.74. The van der Waals surface area contributed by atoms with Crippen molar-refractivity contribution in [3.63, 3.8) is 0 Å². The predicted octanol–water partition coefficient (Wildman–Crippen LogP) is 2.19. The van der Waals surface area contributed by atoms with Crippen LogP contribution in [-0.2, 0) is 20.5 Å². The quantitative estimate of drug-likeness (QED) is 0.562. The monoisotopic (exact) mass is 463 g/mol. The van der Waals surface area contributed by atoms with Crippen LogP contribution in [0, 0.1) is 35.9 Å². The van der Waals surface area contributed by atoms with E-state index in [1.54, 1.807) is 13.0 Å². The first-order chi connectivity index (χ1) is 15.1. The van der Waals surface area contributed by atoms with Gasteiger partial charge in [0.25, 0.3) is 0 Å². The van der Waals surface area contributed by atoms with Crippen molar-refractivity contribution in [1.82, 2.24) is 5.32 Å². The number of carbonyl (C=O) groups is 2. The molecule has 1 aromatic rings. The van der Waals surface area contributed by atoms with Gasteiger partial charge in [-0.1, -0.05) is 6.07 Å². The number of rotatable bonds is 6. The van der Waals surface area contributed by atoms with E-state index in [9.17, 15) is 22.4 Å². The molecule has 4 bridgehead atoms. The van der Waals surface area contributed by atoms with Crippen LogP contribution in [0.5, 0.6) is 0 Å². The molecule has 0 radical (unpaired) electrons. The summed E-state index contributed by atoms with van der Waals surface area (Å²) in [6.45, 7) is 1.76. The second-order valence-electron chi connectivity index (χ2n) is 10.5. The number of anilines is 1. The van der Waals surface area contributed by atoms with Crippen LogP contribution in [0.1, 0.15) is 56.9 Å². The third-order valence-electron chi connectivity index (χ3n) is 8.60. The highest BCUT2D eigenvalue weighted by atomic mass is 32.2. The molecule has 174 valence electrons. The normalized spacial score (nSPS) is 34.2. The van der Waals surface area contributed by atoms with Crippen molar-refractivity contribution in [3.8, 4) is 0 Å². The van der Waals surface area contributed by atoms with E-state index in [0.717, 1.165) is 29.1 Å². The largest absolute Gasteiger partial charge is 0.369 e. The second-order valence-corrected chi connectivity index (χ2v) is 11.4. The van der Waals surface area contributed by atoms with E-state index in [4.69, 9.17) is 5.73 Å². The van der Waals surface area contributed by atoms with E-state index in [1.165, 1.54) is 12.1 Å². The standard InChI is InChI=1S/C23H30FN3O4S/c1-13-3-4-17(24)18(7-13)27(32(30)31)23(5-2-6-23)21(29)26-19-15-8-14-9-16(19)12-22(10-14,11-15)20(25)28/h3-4,7,14-16,19,32H,2,5-6,8-12H2,1H3,(H2,25,28)(H,26,29). The van der Waals surface area contributed by atoms with Gasteiger partial charge in [-0.2, -0.15) is 0 Å². The van der Waals surface area contributed by atoms with Crippen LogP contribution in [-0.4, -0.2) is 31.8 Å². The average molecular weight is 464 g/mol. The summed E-state index contributed by atoms with van der Waals surface area (Å²) in [6.07, 6.45) is 5.52. The third-order valence-corrected chi connectivity index (χ3v) is 9.52. The number of nitrogens with zero attached hydrogens (tertiary/aromatic N) is 1. The number of thiol groups is 1. The predicted molar refractivity (Wildman–Crippen MR) is 118 cm³/mol. The van der Waals surface area contributed by atoms with Crippen molar-refractivity contribution in [1.29, 1.82) is 0 Å². The Morgan fingerprint density at radius 3 is 2.34 bits per heavy atom. The summed E-state index contributed by atoms with van der Waals surface area (Å²) in [5.41, 5.74) is 4.65. The van der Waals surface area contributed by atoms with Gasteiger partial charge < -0.3 is 11.1 Å². The van der Waals surface area contributed by atoms with E-state index < -0.39 is 27.7 Å². The minimum Gasteiger partial charge on any atom is -0.369 e. The van der Waals surface area contributed by atoms with Gasteiger partial charge in [-0.25, -0.2) is 12.8 Å². The number of nitrogens with two attached hydrogens (primary N) is 1. The van der Waals surface area contributed by atoms with Crippen molar-refractivity contribution in [2.45, 2.75) is 69.9 Å². The minimum absolute atomic E-state index is 0.0753. The minimum atomic E-state index is -3.22. The number of nitrogens with one attached hydrogen (secondary N) is 1. The van der Waals surface area contributed by atoms with Gasteiger partial charge in [0.15, 0.2) is 0 Å². The lowest BCUT2D eigenvalue weighted by Gasteiger charge is -2.59. The zero-order chi connectivity index (χ0) is 22.8. The molecule has 9 heteroatoms. The van der Waals surface area contributed by atoms with Gasteiger partial charge in [0.1, 0.15) is 11.4 Å². The maximum atomic E-state index is 14.7. The van der Waals surface area contributed by atoms with Gasteiger partial charge in [-0.05, 0) is 93.7 Å². The molecule has 5 fully saturated rings. The Morgan fingerprint density at radius 2 is 1.81 bits per heavy atom. The molecule has 7 nitrogen and oxygen atoms in total. The maximum absolute atomic E-state index is 14.7. The number of benzene rings is 1. The van der Waals surface area contributed by atoms with Crippen LogP contribution < -0.4 is 15.4 Å². The first-order valence-electron chi connectivity index (χ1n) is 11.5. The molecule has 0 heterocycles. The van der Waals surface area contributed by atoms with Crippen molar-refractivity contribution >= 4 is 28.4 Å². The molecule has 2 unspecified atom stereocenters. The lowest BCUT2D eigenvalue weighted by atomic mass is 9.47. The van der Waals surface area contributed by atoms with E-state index >= 15 is 0 Å². The Hall–Kier alpha value is -2.16. The summed E-state index contributed by atoms with van der Waals surface area (Å²) in [6, 6.07) is 4.19. The first kappa shape index (κ1) is 21.7. The van der Waals surface area contributed by atoms with E-state index in [2.05, 4.69) is 5.32 Å². The Bertz CT molecular complexity index is 1030. The lowest BCUT2D eigenvalue weighted by molar-refractivity contribution is -0.148. The summed E-state index contributed by atoms with van der Waals surface area (Å²) in [7, 11) is -3.22.